The molecular formula is C21H22BrN3O3S. The van der Waals surface area contributed by atoms with Crippen molar-refractivity contribution in [1.82, 2.24) is 9.88 Å². The summed E-state index contributed by atoms with van der Waals surface area (Å²) in [6.07, 6.45) is 0. The van der Waals surface area contributed by atoms with Gasteiger partial charge >= 0.3 is 0 Å². The van der Waals surface area contributed by atoms with Gasteiger partial charge in [0.1, 0.15) is 5.75 Å². The lowest BCUT2D eigenvalue weighted by Gasteiger charge is -2.29. The summed E-state index contributed by atoms with van der Waals surface area (Å²) >= 11 is 5.03. The van der Waals surface area contributed by atoms with Crippen LogP contribution in [0.15, 0.2) is 46.9 Å². The van der Waals surface area contributed by atoms with Gasteiger partial charge in [0.15, 0.2) is 5.13 Å². The number of thiazole rings is 1. The summed E-state index contributed by atoms with van der Waals surface area (Å²) in [6.45, 7) is 4.58. The van der Waals surface area contributed by atoms with Gasteiger partial charge < -0.3 is 9.47 Å². The van der Waals surface area contributed by atoms with Crippen LogP contribution in [0.5, 0.6) is 5.75 Å². The zero-order chi connectivity index (χ0) is 20.2. The molecule has 152 valence electrons. The van der Waals surface area contributed by atoms with Crippen LogP contribution in [0.25, 0.3) is 10.2 Å². The first-order valence-electron chi connectivity index (χ1n) is 9.47. The van der Waals surface area contributed by atoms with Crippen molar-refractivity contribution in [3.8, 4) is 5.75 Å². The highest BCUT2D eigenvalue weighted by atomic mass is 79.9. The molecule has 0 aliphatic carbocycles. The van der Waals surface area contributed by atoms with Gasteiger partial charge in [0.05, 0.1) is 36.1 Å². The molecule has 1 aromatic heterocycles. The number of anilines is 1. The van der Waals surface area contributed by atoms with Gasteiger partial charge in [-0.3, -0.25) is 14.6 Å². The lowest BCUT2D eigenvalue weighted by atomic mass is 10.2. The van der Waals surface area contributed by atoms with Crippen molar-refractivity contribution in [3.05, 3.63) is 52.5 Å². The number of aromatic nitrogens is 1. The average Bonchev–Trinajstić information content (AvgIpc) is 3.17. The van der Waals surface area contributed by atoms with E-state index in [0.29, 0.717) is 17.2 Å². The van der Waals surface area contributed by atoms with Gasteiger partial charge in [-0.25, -0.2) is 4.98 Å². The number of nitrogens with zero attached hydrogens (tertiary/aromatic N) is 3. The fourth-order valence-corrected chi connectivity index (χ4v) is 4.69. The number of amides is 1. The van der Waals surface area contributed by atoms with Crippen molar-refractivity contribution < 1.29 is 14.3 Å². The Hall–Kier alpha value is -2.00. The smallest absolute Gasteiger partial charge is 0.261 e. The highest BCUT2D eigenvalue weighted by Crippen LogP contribution is 2.32. The molecule has 0 unspecified atom stereocenters. The molecule has 0 saturated carbocycles. The highest BCUT2D eigenvalue weighted by molar-refractivity contribution is 9.10. The van der Waals surface area contributed by atoms with Crippen molar-refractivity contribution in [3.63, 3.8) is 0 Å². The normalized spacial score (nSPS) is 14.8. The molecule has 0 spiro atoms. The van der Waals surface area contributed by atoms with Crippen molar-refractivity contribution >= 4 is 48.5 Å². The fourth-order valence-electron chi connectivity index (χ4n) is 3.27. The van der Waals surface area contributed by atoms with Crippen LogP contribution in [0.2, 0.25) is 0 Å². The zero-order valence-electron chi connectivity index (χ0n) is 16.1. The summed E-state index contributed by atoms with van der Waals surface area (Å²) in [7, 11) is 1.64. The molecule has 1 fully saturated rings. The minimum atomic E-state index is -0.0586. The van der Waals surface area contributed by atoms with Gasteiger partial charge in [-0.2, -0.15) is 0 Å². The number of hydrogen-bond acceptors (Lipinski definition) is 6. The van der Waals surface area contributed by atoms with Crippen LogP contribution in [-0.2, 0) is 4.74 Å². The first-order valence-corrected chi connectivity index (χ1v) is 11.1. The summed E-state index contributed by atoms with van der Waals surface area (Å²) in [4.78, 5) is 22.3. The summed E-state index contributed by atoms with van der Waals surface area (Å²) < 4.78 is 12.6. The topological polar surface area (TPSA) is 54.9 Å². The van der Waals surface area contributed by atoms with Crippen LogP contribution in [0.3, 0.4) is 0 Å². The monoisotopic (exact) mass is 475 g/mol. The van der Waals surface area contributed by atoms with E-state index >= 15 is 0 Å². The largest absolute Gasteiger partial charge is 0.497 e. The molecule has 2 heterocycles. The molecule has 3 aromatic rings. The number of carbonyl (C=O) groups is 1. The second kappa shape index (κ2) is 9.21. The van der Waals surface area contributed by atoms with E-state index in [1.54, 1.807) is 12.0 Å². The Morgan fingerprint density at radius 3 is 2.83 bits per heavy atom. The lowest BCUT2D eigenvalue weighted by molar-refractivity contribution is 0.0391. The zero-order valence-corrected chi connectivity index (χ0v) is 18.5. The van der Waals surface area contributed by atoms with E-state index in [4.69, 9.17) is 14.5 Å². The SMILES string of the molecule is COc1ccc2sc(N(CCN3CCOCC3)C(=O)c3ccccc3Br)nc2c1. The van der Waals surface area contributed by atoms with E-state index in [-0.39, 0.29) is 5.91 Å². The third kappa shape index (κ3) is 4.61. The maximum absolute atomic E-state index is 13.4. The molecule has 0 atom stereocenters. The number of carbonyl (C=O) groups excluding carboxylic acids is 1. The molecule has 0 N–H and O–H groups in total. The van der Waals surface area contributed by atoms with Gasteiger partial charge in [-0.1, -0.05) is 23.5 Å². The van der Waals surface area contributed by atoms with E-state index in [2.05, 4.69) is 20.8 Å². The van der Waals surface area contributed by atoms with E-state index in [9.17, 15) is 4.79 Å². The first-order chi connectivity index (χ1) is 14.2. The van der Waals surface area contributed by atoms with Crippen LogP contribution in [0.1, 0.15) is 10.4 Å². The summed E-state index contributed by atoms with van der Waals surface area (Å²) in [5.74, 6) is 0.697. The third-order valence-electron chi connectivity index (χ3n) is 4.91. The molecule has 1 amide bonds. The maximum atomic E-state index is 13.4. The predicted molar refractivity (Wildman–Crippen MR) is 119 cm³/mol. The van der Waals surface area contributed by atoms with Crippen LogP contribution in [0.4, 0.5) is 5.13 Å². The predicted octanol–water partition coefficient (Wildman–Crippen LogP) is 4.05. The molecule has 6 nitrogen and oxygen atoms in total. The Kier molecular flexibility index (Phi) is 6.44. The van der Waals surface area contributed by atoms with Gasteiger partial charge in [0, 0.05) is 36.7 Å². The second-order valence-electron chi connectivity index (χ2n) is 6.72. The minimum Gasteiger partial charge on any atom is -0.497 e. The quantitative estimate of drug-likeness (QED) is 0.538. The van der Waals surface area contributed by atoms with Crippen molar-refractivity contribution in [2.24, 2.45) is 0 Å². The van der Waals surface area contributed by atoms with Crippen LogP contribution in [0, 0.1) is 0 Å². The van der Waals surface area contributed by atoms with Gasteiger partial charge in [0.25, 0.3) is 5.91 Å². The number of hydrogen-bond donors (Lipinski definition) is 0. The van der Waals surface area contributed by atoms with Crippen molar-refractivity contribution in [1.29, 1.82) is 0 Å². The van der Waals surface area contributed by atoms with E-state index < -0.39 is 0 Å². The molecule has 1 saturated heterocycles. The van der Waals surface area contributed by atoms with Crippen LogP contribution in [-0.4, -0.2) is 62.3 Å². The van der Waals surface area contributed by atoms with E-state index in [0.717, 1.165) is 53.3 Å². The Morgan fingerprint density at radius 2 is 2.07 bits per heavy atom. The summed E-state index contributed by atoms with van der Waals surface area (Å²) in [5, 5.41) is 0.697. The number of halogens is 1. The Balaban J connectivity index is 1.65. The third-order valence-corrected chi connectivity index (χ3v) is 6.66. The van der Waals surface area contributed by atoms with Crippen molar-refractivity contribution in [2.75, 3.05) is 51.4 Å². The number of methoxy groups -OCH3 is 1. The molecule has 2 aromatic carbocycles. The van der Waals surface area contributed by atoms with Gasteiger partial charge in [-0.05, 0) is 40.2 Å². The van der Waals surface area contributed by atoms with Crippen LogP contribution < -0.4 is 9.64 Å². The Labute approximate surface area is 182 Å². The molecular weight excluding hydrogens is 454 g/mol. The maximum Gasteiger partial charge on any atom is 0.261 e. The number of morpholine rings is 1. The van der Waals surface area contributed by atoms with Gasteiger partial charge in [0.2, 0.25) is 0 Å². The Morgan fingerprint density at radius 1 is 1.28 bits per heavy atom. The molecule has 29 heavy (non-hydrogen) atoms. The molecule has 4 rings (SSSR count). The van der Waals surface area contributed by atoms with E-state index in [1.165, 1.54) is 11.3 Å². The molecule has 8 heteroatoms. The Bertz CT molecular complexity index is 1000. The molecule has 1 aliphatic heterocycles. The summed E-state index contributed by atoms with van der Waals surface area (Å²) in [5.41, 5.74) is 1.46. The highest BCUT2D eigenvalue weighted by Gasteiger charge is 2.24. The number of fused-ring (bicyclic) bond motifs is 1. The number of benzene rings is 2. The second-order valence-corrected chi connectivity index (χ2v) is 8.58. The fraction of sp³-hybridized carbons (Fsp3) is 0.333. The van der Waals surface area contributed by atoms with Gasteiger partial charge in [-0.15, -0.1) is 0 Å². The van der Waals surface area contributed by atoms with Crippen LogP contribution >= 0.6 is 27.3 Å². The lowest BCUT2D eigenvalue weighted by Crippen LogP contribution is -2.43. The van der Waals surface area contributed by atoms with Crippen molar-refractivity contribution in [2.45, 2.75) is 0 Å². The number of ether oxygens (including phenoxy) is 2. The first kappa shape index (κ1) is 20.3. The minimum absolute atomic E-state index is 0.0586. The van der Waals surface area contributed by atoms with E-state index in [1.807, 2.05) is 42.5 Å². The molecule has 0 radical (unpaired) electrons. The number of rotatable bonds is 6. The molecule has 1 aliphatic rings. The summed E-state index contributed by atoms with van der Waals surface area (Å²) in [6, 6.07) is 13.3. The molecule has 0 bridgehead atoms. The average molecular weight is 476 g/mol. The standard InChI is InChI=1S/C21H22BrN3O3S/c1-27-15-6-7-19-18(14-15)23-21(29-19)25(9-8-24-10-12-28-13-11-24)20(26)16-4-2-3-5-17(16)22/h2-7,14H,8-13H2,1H3.